The molecule has 1 N–H and O–H groups in total. The first-order chi connectivity index (χ1) is 11.9. The standard InChI is InChI=1S/C17H18ClN3O3S/c1-11-2-4-15(5-3-11)25(22,23)24-16-7-14(9-20-17(16)18)21-10-12-6-13(21)8-19-12/h2-5,7,9,12-13,19H,6,8,10H2,1H3/t12-,13-/m1/s1. The van der Waals surface area contributed by atoms with Crippen molar-refractivity contribution in [2.45, 2.75) is 30.3 Å². The number of anilines is 1. The Morgan fingerprint density at radius 3 is 2.72 bits per heavy atom. The molecule has 0 unspecified atom stereocenters. The summed E-state index contributed by atoms with van der Waals surface area (Å²) in [6.07, 6.45) is 2.74. The van der Waals surface area contributed by atoms with Crippen LogP contribution < -0.4 is 14.4 Å². The fourth-order valence-electron chi connectivity index (χ4n) is 3.38. The van der Waals surface area contributed by atoms with Crippen LogP contribution in [0.1, 0.15) is 12.0 Å². The van der Waals surface area contributed by atoms with Gasteiger partial charge in [0.05, 0.1) is 11.9 Å². The maximum absolute atomic E-state index is 12.5. The summed E-state index contributed by atoms with van der Waals surface area (Å²) >= 11 is 6.07. The van der Waals surface area contributed by atoms with Crippen molar-refractivity contribution in [2.24, 2.45) is 0 Å². The summed E-state index contributed by atoms with van der Waals surface area (Å²) in [6.45, 7) is 3.68. The molecule has 132 valence electrons. The van der Waals surface area contributed by atoms with Crippen molar-refractivity contribution in [1.82, 2.24) is 10.3 Å². The van der Waals surface area contributed by atoms with Gasteiger partial charge in [0.2, 0.25) is 0 Å². The average Bonchev–Trinajstić information content (AvgIpc) is 3.20. The Hall–Kier alpha value is -1.83. The van der Waals surface area contributed by atoms with Crippen LogP contribution in [0.5, 0.6) is 5.75 Å². The average molecular weight is 380 g/mol. The summed E-state index contributed by atoms with van der Waals surface area (Å²) in [5.74, 6) is 0.0514. The van der Waals surface area contributed by atoms with Crippen LogP contribution >= 0.6 is 11.6 Å². The molecule has 1 aromatic carbocycles. The van der Waals surface area contributed by atoms with E-state index in [-0.39, 0.29) is 15.8 Å². The Balaban J connectivity index is 1.62. The van der Waals surface area contributed by atoms with Gasteiger partial charge in [0, 0.05) is 31.2 Å². The molecule has 0 saturated carbocycles. The lowest BCUT2D eigenvalue weighted by molar-refractivity contribution is 0.484. The number of hydrogen-bond acceptors (Lipinski definition) is 6. The van der Waals surface area contributed by atoms with E-state index >= 15 is 0 Å². The van der Waals surface area contributed by atoms with Gasteiger partial charge in [-0.15, -0.1) is 0 Å². The van der Waals surface area contributed by atoms with E-state index in [1.165, 1.54) is 12.1 Å². The minimum absolute atomic E-state index is 0.0296. The van der Waals surface area contributed by atoms with Gasteiger partial charge < -0.3 is 14.4 Å². The van der Waals surface area contributed by atoms with Crippen LogP contribution in [0.2, 0.25) is 5.15 Å². The highest BCUT2D eigenvalue weighted by Gasteiger charge is 2.38. The fraction of sp³-hybridized carbons (Fsp3) is 0.353. The van der Waals surface area contributed by atoms with Gasteiger partial charge in [-0.2, -0.15) is 8.42 Å². The van der Waals surface area contributed by atoms with Gasteiger partial charge in [0.25, 0.3) is 0 Å². The molecule has 2 bridgehead atoms. The van der Waals surface area contributed by atoms with E-state index in [0.717, 1.165) is 30.8 Å². The first-order valence-corrected chi connectivity index (χ1v) is 9.88. The maximum atomic E-state index is 12.5. The van der Waals surface area contributed by atoms with Crippen molar-refractivity contribution in [3.63, 3.8) is 0 Å². The molecule has 4 rings (SSSR count). The number of fused-ring (bicyclic) bond motifs is 2. The SMILES string of the molecule is Cc1ccc(S(=O)(=O)Oc2cc(N3C[C@H]4C[C@@H]3CN4)cnc2Cl)cc1. The van der Waals surface area contributed by atoms with Crippen molar-refractivity contribution < 1.29 is 12.6 Å². The second-order valence-corrected chi connectivity index (χ2v) is 8.38. The number of aromatic nitrogens is 1. The van der Waals surface area contributed by atoms with Gasteiger partial charge in [-0.3, -0.25) is 0 Å². The van der Waals surface area contributed by atoms with E-state index in [9.17, 15) is 8.42 Å². The number of nitrogens with zero attached hydrogens (tertiary/aromatic N) is 2. The van der Waals surface area contributed by atoms with E-state index in [4.69, 9.17) is 15.8 Å². The van der Waals surface area contributed by atoms with Crippen LogP contribution in [0.15, 0.2) is 41.4 Å². The molecule has 2 aliphatic rings. The molecule has 6 nitrogen and oxygen atoms in total. The van der Waals surface area contributed by atoms with Gasteiger partial charge in [0.1, 0.15) is 4.90 Å². The van der Waals surface area contributed by atoms with Crippen LogP contribution in [0.3, 0.4) is 0 Å². The van der Waals surface area contributed by atoms with Crippen molar-refractivity contribution in [3.05, 3.63) is 47.2 Å². The minimum atomic E-state index is -3.96. The van der Waals surface area contributed by atoms with Gasteiger partial charge >= 0.3 is 10.1 Å². The van der Waals surface area contributed by atoms with E-state index in [0.29, 0.717) is 12.1 Å². The topological polar surface area (TPSA) is 71.5 Å². The normalized spacial score (nSPS) is 22.4. The van der Waals surface area contributed by atoms with Crippen LogP contribution in [-0.4, -0.2) is 38.6 Å². The first-order valence-electron chi connectivity index (χ1n) is 8.09. The number of benzene rings is 1. The highest BCUT2D eigenvalue weighted by atomic mass is 35.5. The molecule has 2 fully saturated rings. The van der Waals surface area contributed by atoms with Crippen molar-refractivity contribution in [3.8, 4) is 5.75 Å². The van der Waals surface area contributed by atoms with Gasteiger partial charge in [-0.05, 0) is 25.5 Å². The Bertz CT molecular complexity index is 902. The maximum Gasteiger partial charge on any atom is 0.339 e. The van der Waals surface area contributed by atoms with Crippen molar-refractivity contribution in [2.75, 3.05) is 18.0 Å². The van der Waals surface area contributed by atoms with Crippen molar-refractivity contribution in [1.29, 1.82) is 0 Å². The van der Waals surface area contributed by atoms with Gasteiger partial charge in [0.15, 0.2) is 10.9 Å². The van der Waals surface area contributed by atoms with Crippen LogP contribution in [-0.2, 0) is 10.1 Å². The molecule has 2 aliphatic heterocycles. The van der Waals surface area contributed by atoms with E-state index in [1.54, 1.807) is 24.4 Å². The van der Waals surface area contributed by atoms with Crippen LogP contribution in [0.25, 0.3) is 0 Å². The zero-order valence-electron chi connectivity index (χ0n) is 13.6. The summed E-state index contributed by atoms with van der Waals surface area (Å²) in [4.78, 5) is 6.42. The van der Waals surface area contributed by atoms with Gasteiger partial charge in [-0.25, -0.2) is 4.98 Å². The minimum Gasteiger partial charge on any atom is -0.376 e. The predicted molar refractivity (Wildman–Crippen MR) is 95.8 cm³/mol. The van der Waals surface area contributed by atoms with E-state index < -0.39 is 10.1 Å². The summed E-state index contributed by atoms with van der Waals surface area (Å²) < 4.78 is 30.3. The number of hydrogen-bond donors (Lipinski definition) is 1. The molecule has 8 heteroatoms. The zero-order valence-corrected chi connectivity index (χ0v) is 15.2. The zero-order chi connectivity index (χ0) is 17.6. The van der Waals surface area contributed by atoms with Crippen LogP contribution in [0.4, 0.5) is 5.69 Å². The third-order valence-corrected chi connectivity index (χ3v) is 6.22. The number of rotatable bonds is 4. The largest absolute Gasteiger partial charge is 0.376 e. The summed E-state index contributed by atoms with van der Waals surface area (Å²) in [6, 6.07) is 9.00. The lowest BCUT2D eigenvalue weighted by Gasteiger charge is -2.29. The Labute approximate surface area is 151 Å². The number of aryl methyl sites for hydroxylation is 1. The second kappa shape index (κ2) is 6.16. The number of pyridine rings is 1. The molecule has 0 radical (unpaired) electrons. The quantitative estimate of drug-likeness (QED) is 0.649. The van der Waals surface area contributed by atoms with Crippen molar-refractivity contribution >= 4 is 27.4 Å². The molecular weight excluding hydrogens is 362 g/mol. The lowest BCUT2D eigenvalue weighted by Crippen LogP contribution is -2.43. The molecule has 0 amide bonds. The molecule has 2 atom stereocenters. The number of halogens is 1. The lowest BCUT2D eigenvalue weighted by atomic mass is 10.2. The molecular formula is C17H18ClN3O3S. The van der Waals surface area contributed by atoms with Crippen LogP contribution in [0, 0.1) is 6.92 Å². The summed E-state index contributed by atoms with van der Waals surface area (Å²) in [5.41, 5.74) is 1.80. The molecule has 25 heavy (non-hydrogen) atoms. The molecule has 0 spiro atoms. The molecule has 2 aromatic rings. The summed E-state index contributed by atoms with van der Waals surface area (Å²) in [5, 5.41) is 3.46. The highest BCUT2D eigenvalue weighted by molar-refractivity contribution is 7.87. The molecule has 2 saturated heterocycles. The number of nitrogens with one attached hydrogen (secondary N) is 1. The first kappa shape index (κ1) is 16.6. The third-order valence-electron chi connectivity index (χ3n) is 4.69. The van der Waals surface area contributed by atoms with Gasteiger partial charge in [-0.1, -0.05) is 29.3 Å². The Kier molecular flexibility index (Phi) is 4.10. The van der Waals surface area contributed by atoms with E-state index in [1.807, 2.05) is 6.92 Å². The molecule has 0 aliphatic carbocycles. The highest BCUT2D eigenvalue weighted by Crippen LogP contribution is 2.34. The predicted octanol–water partition coefficient (Wildman–Crippen LogP) is 2.36. The second-order valence-electron chi connectivity index (χ2n) is 6.48. The Morgan fingerprint density at radius 2 is 2.08 bits per heavy atom. The van der Waals surface area contributed by atoms with E-state index in [2.05, 4.69) is 15.2 Å². The summed E-state index contributed by atoms with van der Waals surface area (Å²) in [7, 11) is -3.96. The fourth-order valence-corrected chi connectivity index (χ4v) is 4.50. The molecule has 3 heterocycles. The molecule has 1 aromatic heterocycles. The third kappa shape index (κ3) is 3.19. The smallest absolute Gasteiger partial charge is 0.339 e. The number of piperazine rings is 1. The Morgan fingerprint density at radius 1 is 1.32 bits per heavy atom. The monoisotopic (exact) mass is 379 g/mol.